The van der Waals surface area contributed by atoms with Crippen molar-refractivity contribution in [2.45, 2.75) is 12.5 Å². The number of primary amides is 1. The van der Waals surface area contributed by atoms with Crippen LogP contribution in [0, 0.1) is 0 Å². The lowest BCUT2D eigenvalue weighted by atomic mass is 10.2. The van der Waals surface area contributed by atoms with Gasteiger partial charge in [0.05, 0.1) is 5.56 Å². The molecular weight excluding hydrogens is 272 g/mol. The molecule has 86 valence electrons. The summed E-state index contributed by atoms with van der Waals surface area (Å²) >= 11 is 3.30. The van der Waals surface area contributed by atoms with E-state index >= 15 is 0 Å². The number of hydrogen-bond donors (Lipinski definition) is 2. The molecule has 0 saturated carbocycles. The Morgan fingerprint density at radius 3 is 2.94 bits per heavy atom. The van der Waals surface area contributed by atoms with Gasteiger partial charge in [0, 0.05) is 11.0 Å². The average molecular weight is 285 g/mol. The number of nitrogens with one attached hydrogen (secondary N) is 1. The molecular formula is C11H13BrN2O2. The lowest BCUT2D eigenvalue weighted by Crippen LogP contribution is -2.19. The van der Waals surface area contributed by atoms with Crippen molar-refractivity contribution in [3.8, 4) is 5.75 Å². The molecule has 5 heteroatoms. The van der Waals surface area contributed by atoms with Gasteiger partial charge >= 0.3 is 0 Å². The number of carbonyl (C=O) groups excluding carboxylic acids is 1. The molecule has 1 heterocycles. The molecule has 1 atom stereocenters. The molecule has 2 rings (SSSR count). The summed E-state index contributed by atoms with van der Waals surface area (Å²) in [5.41, 5.74) is 5.68. The van der Waals surface area contributed by atoms with Crippen LogP contribution in [0.3, 0.4) is 0 Å². The molecule has 4 nitrogen and oxygen atoms in total. The van der Waals surface area contributed by atoms with Gasteiger partial charge in [-0.3, -0.25) is 4.79 Å². The number of halogens is 1. The van der Waals surface area contributed by atoms with E-state index in [1.54, 1.807) is 18.2 Å². The van der Waals surface area contributed by atoms with Crippen molar-refractivity contribution >= 4 is 21.8 Å². The highest BCUT2D eigenvalue weighted by atomic mass is 79.9. The molecule has 1 aliphatic rings. The highest BCUT2D eigenvalue weighted by molar-refractivity contribution is 9.10. The second kappa shape index (κ2) is 4.84. The minimum atomic E-state index is -0.444. The largest absolute Gasteiger partial charge is 0.489 e. The van der Waals surface area contributed by atoms with Gasteiger partial charge in [0.25, 0.3) is 0 Å². The van der Waals surface area contributed by atoms with Gasteiger partial charge in [-0.2, -0.15) is 0 Å². The van der Waals surface area contributed by atoms with Crippen molar-refractivity contribution in [3.05, 3.63) is 28.2 Å². The van der Waals surface area contributed by atoms with Crippen molar-refractivity contribution in [1.29, 1.82) is 0 Å². The van der Waals surface area contributed by atoms with Crippen LogP contribution in [0.4, 0.5) is 0 Å². The summed E-state index contributed by atoms with van der Waals surface area (Å²) in [6, 6.07) is 5.21. The Hall–Kier alpha value is -1.07. The Morgan fingerprint density at radius 1 is 1.56 bits per heavy atom. The molecule has 1 saturated heterocycles. The second-order valence-corrected chi connectivity index (χ2v) is 4.59. The minimum Gasteiger partial charge on any atom is -0.489 e. The Bertz CT molecular complexity index is 403. The van der Waals surface area contributed by atoms with Crippen LogP contribution in [0.15, 0.2) is 22.7 Å². The van der Waals surface area contributed by atoms with Gasteiger partial charge < -0.3 is 15.8 Å². The average Bonchev–Trinajstić information content (AvgIpc) is 2.70. The number of nitrogens with two attached hydrogens (primary N) is 1. The fourth-order valence-corrected chi connectivity index (χ4v) is 2.24. The number of rotatable bonds is 3. The molecule has 1 unspecified atom stereocenters. The van der Waals surface area contributed by atoms with Crippen LogP contribution in [0.2, 0.25) is 0 Å². The first-order chi connectivity index (χ1) is 7.66. The fraction of sp³-hybridized carbons (Fsp3) is 0.364. The summed E-state index contributed by atoms with van der Waals surface area (Å²) in [5.74, 6) is 0.312. The topological polar surface area (TPSA) is 64.4 Å². The molecule has 1 amide bonds. The number of ether oxygens (including phenoxy) is 1. The maximum atomic E-state index is 11.0. The first kappa shape index (κ1) is 11.4. The van der Waals surface area contributed by atoms with E-state index in [9.17, 15) is 4.79 Å². The number of carbonyl (C=O) groups is 1. The van der Waals surface area contributed by atoms with Crippen LogP contribution in [0.25, 0.3) is 0 Å². The smallest absolute Gasteiger partial charge is 0.249 e. The molecule has 1 fully saturated rings. The summed E-state index contributed by atoms with van der Waals surface area (Å²) in [6.07, 6.45) is 1.22. The predicted molar refractivity (Wildman–Crippen MR) is 64.6 cm³/mol. The van der Waals surface area contributed by atoms with E-state index in [4.69, 9.17) is 10.5 Å². The SMILES string of the molecule is NC(=O)c1ccc(OC2CCNC2)cc1Br. The van der Waals surface area contributed by atoms with Crippen molar-refractivity contribution in [2.75, 3.05) is 13.1 Å². The van der Waals surface area contributed by atoms with Crippen molar-refractivity contribution in [1.82, 2.24) is 5.32 Å². The monoisotopic (exact) mass is 284 g/mol. The van der Waals surface area contributed by atoms with E-state index in [1.165, 1.54) is 0 Å². The highest BCUT2D eigenvalue weighted by Crippen LogP contribution is 2.24. The van der Waals surface area contributed by atoms with Gasteiger partial charge in [-0.25, -0.2) is 0 Å². The van der Waals surface area contributed by atoms with Gasteiger partial charge in [0.15, 0.2) is 0 Å². The zero-order valence-electron chi connectivity index (χ0n) is 8.70. The minimum absolute atomic E-state index is 0.214. The van der Waals surface area contributed by atoms with E-state index in [0.717, 1.165) is 25.3 Å². The molecule has 3 N–H and O–H groups in total. The second-order valence-electron chi connectivity index (χ2n) is 3.74. The maximum absolute atomic E-state index is 11.0. The van der Waals surface area contributed by atoms with Gasteiger partial charge in [-0.05, 0) is 47.1 Å². The van der Waals surface area contributed by atoms with Crippen molar-refractivity contribution in [3.63, 3.8) is 0 Å². The highest BCUT2D eigenvalue weighted by Gasteiger charge is 2.16. The molecule has 0 bridgehead atoms. The predicted octanol–water partition coefficient (Wildman–Crippen LogP) is 1.29. The van der Waals surface area contributed by atoms with Crippen molar-refractivity contribution in [2.24, 2.45) is 5.73 Å². The van der Waals surface area contributed by atoms with Gasteiger partial charge in [0.2, 0.25) is 5.91 Å². The van der Waals surface area contributed by atoms with Crippen LogP contribution in [-0.4, -0.2) is 25.1 Å². The fourth-order valence-electron chi connectivity index (χ4n) is 1.69. The standard InChI is InChI=1S/C11H13BrN2O2/c12-10-5-7(1-2-9(10)11(13)15)16-8-3-4-14-6-8/h1-2,5,8,14H,3-4,6H2,(H2,13,15). The normalized spacial score (nSPS) is 19.7. The quantitative estimate of drug-likeness (QED) is 0.879. The van der Waals surface area contributed by atoms with Crippen LogP contribution < -0.4 is 15.8 Å². The third kappa shape index (κ3) is 2.54. The molecule has 1 aromatic rings. The van der Waals surface area contributed by atoms with E-state index in [-0.39, 0.29) is 6.10 Å². The molecule has 0 aliphatic carbocycles. The summed E-state index contributed by atoms with van der Waals surface area (Å²) < 4.78 is 6.42. The Morgan fingerprint density at radius 2 is 2.38 bits per heavy atom. The van der Waals surface area contributed by atoms with Crippen molar-refractivity contribution < 1.29 is 9.53 Å². The zero-order chi connectivity index (χ0) is 11.5. The number of benzene rings is 1. The summed E-state index contributed by atoms with van der Waals surface area (Å²) in [6.45, 7) is 1.86. The summed E-state index contributed by atoms with van der Waals surface area (Å²) in [4.78, 5) is 11.0. The third-order valence-electron chi connectivity index (χ3n) is 2.52. The zero-order valence-corrected chi connectivity index (χ0v) is 10.3. The number of amides is 1. The molecule has 0 aromatic heterocycles. The van der Waals surface area contributed by atoms with E-state index in [2.05, 4.69) is 21.2 Å². The Kier molecular flexibility index (Phi) is 3.46. The summed E-state index contributed by atoms with van der Waals surface area (Å²) in [7, 11) is 0. The van der Waals surface area contributed by atoms with Crippen LogP contribution in [0.5, 0.6) is 5.75 Å². The van der Waals surface area contributed by atoms with E-state index in [0.29, 0.717) is 10.0 Å². The van der Waals surface area contributed by atoms with Crippen LogP contribution in [-0.2, 0) is 0 Å². The number of hydrogen-bond acceptors (Lipinski definition) is 3. The molecule has 1 aliphatic heterocycles. The van der Waals surface area contributed by atoms with E-state index in [1.807, 2.05) is 0 Å². The maximum Gasteiger partial charge on any atom is 0.249 e. The molecule has 1 aromatic carbocycles. The summed E-state index contributed by atoms with van der Waals surface area (Å²) in [5, 5.41) is 3.23. The van der Waals surface area contributed by atoms with Gasteiger partial charge in [-0.15, -0.1) is 0 Å². The van der Waals surface area contributed by atoms with Gasteiger partial charge in [0.1, 0.15) is 11.9 Å². The third-order valence-corrected chi connectivity index (χ3v) is 3.18. The molecule has 16 heavy (non-hydrogen) atoms. The van der Waals surface area contributed by atoms with Crippen LogP contribution >= 0.6 is 15.9 Å². The first-order valence-corrected chi connectivity index (χ1v) is 5.93. The van der Waals surface area contributed by atoms with E-state index < -0.39 is 5.91 Å². The van der Waals surface area contributed by atoms with Gasteiger partial charge in [-0.1, -0.05) is 0 Å². The Balaban J connectivity index is 2.11. The molecule has 0 spiro atoms. The lowest BCUT2D eigenvalue weighted by Gasteiger charge is -2.13. The Labute approximate surface area is 102 Å². The van der Waals surface area contributed by atoms with Crippen LogP contribution in [0.1, 0.15) is 16.8 Å². The molecule has 0 radical (unpaired) electrons. The lowest BCUT2D eigenvalue weighted by molar-refractivity contribution is 0.0999. The first-order valence-electron chi connectivity index (χ1n) is 5.13.